The van der Waals surface area contributed by atoms with E-state index in [-0.39, 0.29) is 12.2 Å². The van der Waals surface area contributed by atoms with Crippen molar-refractivity contribution in [3.63, 3.8) is 0 Å². The third kappa shape index (κ3) is 3.85. The number of benzene rings is 2. The molecule has 0 bridgehead atoms. The first-order valence-electron chi connectivity index (χ1n) is 5.86. The van der Waals surface area contributed by atoms with E-state index in [0.717, 1.165) is 12.7 Å². The molecular formula is C15H9I2NO3. The van der Waals surface area contributed by atoms with E-state index in [1.165, 1.54) is 0 Å². The van der Waals surface area contributed by atoms with E-state index in [2.05, 4.69) is 6.07 Å². The van der Waals surface area contributed by atoms with Gasteiger partial charge >= 0.3 is 5.97 Å². The third-order valence-electron chi connectivity index (χ3n) is 2.76. The Bertz CT molecular complexity index is 715. The van der Waals surface area contributed by atoms with E-state index in [0.29, 0.717) is 11.3 Å². The Labute approximate surface area is 149 Å². The predicted octanol–water partition coefficient (Wildman–Crippen LogP) is 4.04. The number of rotatable bonds is 4. The van der Waals surface area contributed by atoms with Crippen molar-refractivity contribution in [2.75, 3.05) is 0 Å². The van der Waals surface area contributed by atoms with Crippen molar-refractivity contribution < 1.29 is 14.6 Å². The van der Waals surface area contributed by atoms with Gasteiger partial charge in [0.1, 0.15) is 12.4 Å². The van der Waals surface area contributed by atoms with E-state index in [9.17, 15) is 4.79 Å². The van der Waals surface area contributed by atoms with Crippen LogP contribution in [-0.2, 0) is 6.61 Å². The van der Waals surface area contributed by atoms with Crippen LogP contribution < -0.4 is 4.74 Å². The van der Waals surface area contributed by atoms with Crippen LogP contribution in [0.4, 0.5) is 0 Å². The molecule has 0 heterocycles. The molecule has 0 saturated carbocycles. The molecule has 0 amide bonds. The molecule has 2 aromatic carbocycles. The summed E-state index contributed by atoms with van der Waals surface area (Å²) >= 11 is 4.10. The fourth-order valence-corrected chi connectivity index (χ4v) is 3.81. The number of aromatic carboxylic acids is 1. The van der Waals surface area contributed by atoms with Crippen LogP contribution in [-0.4, -0.2) is 11.1 Å². The maximum absolute atomic E-state index is 11.0. The lowest BCUT2D eigenvalue weighted by Gasteiger charge is -2.12. The Kier molecular flexibility index (Phi) is 5.41. The van der Waals surface area contributed by atoms with Gasteiger partial charge < -0.3 is 9.84 Å². The van der Waals surface area contributed by atoms with Crippen molar-refractivity contribution in [2.45, 2.75) is 6.61 Å². The van der Waals surface area contributed by atoms with Crippen LogP contribution in [0.3, 0.4) is 0 Å². The summed E-state index contributed by atoms with van der Waals surface area (Å²) in [5.41, 5.74) is 1.60. The van der Waals surface area contributed by atoms with Crippen LogP contribution in [0.5, 0.6) is 5.75 Å². The number of nitrogens with zero attached hydrogens (tertiary/aromatic N) is 1. The minimum absolute atomic E-state index is 0.230. The fraction of sp³-hybridized carbons (Fsp3) is 0.0667. The van der Waals surface area contributed by atoms with Gasteiger partial charge in [-0.05, 0) is 63.4 Å². The maximum Gasteiger partial charge on any atom is 0.335 e. The van der Waals surface area contributed by atoms with Crippen LogP contribution in [0.15, 0.2) is 36.4 Å². The average molecular weight is 505 g/mol. The normalized spacial score (nSPS) is 9.95. The number of halogens is 2. The van der Waals surface area contributed by atoms with Gasteiger partial charge in [-0.15, -0.1) is 0 Å². The molecule has 2 rings (SSSR count). The van der Waals surface area contributed by atoms with Crippen molar-refractivity contribution in [3.8, 4) is 11.8 Å². The maximum atomic E-state index is 11.0. The summed E-state index contributed by atoms with van der Waals surface area (Å²) in [5, 5.41) is 18.1. The number of hydrogen-bond acceptors (Lipinski definition) is 3. The Hall–Kier alpha value is -1.34. The van der Waals surface area contributed by atoms with Gasteiger partial charge in [-0.2, -0.15) is 5.26 Å². The van der Waals surface area contributed by atoms with Gasteiger partial charge in [0.05, 0.1) is 24.3 Å². The molecular weight excluding hydrogens is 496 g/mol. The van der Waals surface area contributed by atoms with Crippen LogP contribution in [0, 0.1) is 18.5 Å². The first kappa shape index (κ1) is 16.0. The molecule has 0 radical (unpaired) electrons. The Morgan fingerprint density at radius 2 is 1.86 bits per heavy atom. The number of carbonyl (C=O) groups is 1. The van der Waals surface area contributed by atoms with Gasteiger partial charge in [0, 0.05) is 5.56 Å². The van der Waals surface area contributed by atoms with Gasteiger partial charge in [-0.1, -0.05) is 18.2 Å². The van der Waals surface area contributed by atoms with Crippen molar-refractivity contribution in [1.82, 2.24) is 0 Å². The van der Waals surface area contributed by atoms with E-state index >= 15 is 0 Å². The standard InChI is InChI=1S/C15H9I2NO3/c16-12-5-11(15(19)20)6-13(17)14(12)21-8-10-4-2-1-3-9(10)7-18/h1-6H,8H2,(H,19,20). The molecule has 0 spiro atoms. The zero-order valence-corrected chi connectivity index (χ0v) is 15.0. The molecule has 2 aromatic rings. The molecule has 0 aromatic heterocycles. The van der Waals surface area contributed by atoms with Crippen LogP contribution >= 0.6 is 45.2 Å². The highest BCUT2D eigenvalue weighted by Crippen LogP contribution is 2.30. The number of carboxylic acids is 1. The second kappa shape index (κ2) is 7.09. The van der Waals surface area contributed by atoms with Crippen molar-refractivity contribution in [1.29, 1.82) is 5.26 Å². The summed E-state index contributed by atoms with van der Waals surface area (Å²) < 4.78 is 7.23. The molecule has 0 unspecified atom stereocenters. The molecule has 1 N–H and O–H groups in total. The minimum atomic E-state index is -0.966. The minimum Gasteiger partial charge on any atom is -0.487 e. The first-order valence-corrected chi connectivity index (χ1v) is 8.02. The van der Waals surface area contributed by atoms with Crippen molar-refractivity contribution >= 4 is 51.2 Å². The van der Waals surface area contributed by atoms with E-state index in [1.54, 1.807) is 24.3 Å². The predicted molar refractivity (Wildman–Crippen MR) is 94.3 cm³/mol. The van der Waals surface area contributed by atoms with Gasteiger partial charge in [0.2, 0.25) is 0 Å². The second-order valence-electron chi connectivity index (χ2n) is 4.13. The van der Waals surface area contributed by atoms with Crippen LogP contribution in [0.25, 0.3) is 0 Å². The molecule has 4 nitrogen and oxygen atoms in total. The van der Waals surface area contributed by atoms with Crippen LogP contribution in [0.2, 0.25) is 0 Å². The number of nitriles is 1. The molecule has 0 saturated heterocycles. The summed E-state index contributed by atoms with van der Waals surface area (Å²) in [6.45, 7) is 0.266. The lowest BCUT2D eigenvalue weighted by Crippen LogP contribution is -2.04. The third-order valence-corrected chi connectivity index (χ3v) is 4.36. The summed E-state index contributed by atoms with van der Waals surface area (Å²) in [5.74, 6) is -0.332. The lowest BCUT2D eigenvalue weighted by atomic mass is 10.1. The molecule has 0 fully saturated rings. The number of hydrogen-bond donors (Lipinski definition) is 1. The van der Waals surface area contributed by atoms with Gasteiger partial charge in [-0.3, -0.25) is 0 Å². The summed E-state index contributed by atoms with van der Waals surface area (Å²) in [6.07, 6.45) is 0. The highest BCUT2D eigenvalue weighted by atomic mass is 127. The molecule has 0 atom stereocenters. The summed E-state index contributed by atoms with van der Waals surface area (Å²) in [7, 11) is 0. The highest BCUT2D eigenvalue weighted by molar-refractivity contribution is 14.1. The Balaban J connectivity index is 2.25. The van der Waals surface area contributed by atoms with Gasteiger partial charge in [-0.25, -0.2) is 4.79 Å². The molecule has 106 valence electrons. The monoisotopic (exact) mass is 505 g/mol. The van der Waals surface area contributed by atoms with E-state index < -0.39 is 5.97 Å². The number of ether oxygens (including phenoxy) is 1. The highest BCUT2D eigenvalue weighted by Gasteiger charge is 2.13. The molecule has 0 aliphatic heterocycles. The molecule has 21 heavy (non-hydrogen) atoms. The zero-order valence-electron chi connectivity index (χ0n) is 10.6. The molecule has 6 heteroatoms. The SMILES string of the molecule is N#Cc1ccccc1COc1c(I)cc(C(=O)O)cc1I. The Morgan fingerprint density at radius 3 is 2.43 bits per heavy atom. The zero-order chi connectivity index (χ0) is 15.4. The van der Waals surface area contributed by atoms with E-state index in [1.807, 2.05) is 57.3 Å². The topological polar surface area (TPSA) is 70.3 Å². The van der Waals surface area contributed by atoms with Crippen molar-refractivity contribution in [2.24, 2.45) is 0 Å². The smallest absolute Gasteiger partial charge is 0.335 e. The first-order chi connectivity index (χ1) is 10.0. The summed E-state index contributed by atoms with van der Waals surface area (Å²) in [6, 6.07) is 12.5. The van der Waals surface area contributed by atoms with Crippen molar-refractivity contribution in [3.05, 3.63) is 60.2 Å². The van der Waals surface area contributed by atoms with Gasteiger partial charge in [0.15, 0.2) is 0 Å². The van der Waals surface area contributed by atoms with Gasteiger partial charge in [0.25, 0.3) is 0 Å². The van der Waals surface area contributed by atoms with E-state index in [4.69, 9.17) is 15.1 Å². The quantitative estimate of drug-likeness (QED) is 0.638. The lowest BCUT2D eigenvalue weighted by molar-refractivity contribution is 0.0696. The fourth-order valence-electron chi connectivity index (χ4n) is 1.73. The van der Waals surface area contributed by atoms with Crippen LogP contribution in [0.1, 0.15) is 21.5 Å². The largest absolute Gasteiger partial charge is 0.487 e. The molecule has 0 aliphatic rings. The average Bonchev–Trinajstić information content (AvgIpc) is 2.46. The number of carboxylic acid groups (broad SMARTS) is 1. The second-order valence-corrected chi connectivity index (χ2v) is 6.46. The molecule has 0 aliphatic carbocycles. The summed E-state index contributed by atoms with van der Waals surface area (Å²) in [4.78, 5) is 11.0. The Morgan fingerprint density at radius 1 is 1.24 bits per heavy atom.